The topological polar surface area (TPSA) is 99.0 Å². The van der Waals surface area contributed by atoms with Crippen molar-refractivity contribution < 1.29 is 28.2 Å². The van der Waals surface area contributed by atoms with Crippen molar-refractivity contribution in [1.82, 2.24) is 5.32 Å². The average Bonchev–Trinajstić information content (AvgIpc) is 3.32. The molecule has 0 atom stereocenters. The Morgan fingerprint density at radius 3 is 2.23 bits per heavy atom. The normalized spacial score (nSPS) is 10.2. The van der Waals surface area contributed by atoms with Crippen molar-refractivity contribution in [3.8, 4) is 17.2 Å². The number of carbonyl (C=O) groups is 2. The third-order valence-electron chi connectivity index (χ3n) is 4.39. The van der Waals surface area contributed by atoms with Crippen LogP contribution in [-0.4, -0.2) is 33.1 Å². The van der Waals surface area contributed by atoms with E-state index in [0.29, 0.717) is 34.1 Å². The summed E-state index contributed by atoms with van der Waals surface area (Å²) in [6.45, 7) is 0.183. The lowest BCUT2D eigenvalue weighted by atomic mass is 10.1. The summed E-state index contributed by atoms with van der Waals surface area (Å²) < 4.78 is 21.1. The van der Waals surface area contributed by atoms with Crippen LogP contribution in [0.4, 0.5) is 5.69 Å². The molecule has 3 rings (SSSR count). The van der Waals surface area contributed by atoms with Gasteiger partial charge < -0.3 is 29.3 Å². The Labute approximate surface area is 173 Å². The molecule has 0 saturated carbocycles. The largest absolute Gasteiger partial charge is 0.496 e. The number of benzene rings is 2. The molecule has 156 valence electrons. The maximum Gasteiger partial charge on any atom is 0.291 e. The van der Waals surface area contributed by atoms with Crippen LogP contribution in [0.15, 0.2) is 59.2 Å². The van der Waals surface area contributed by atoms with Gasteiger partial charge in [0.1, 0.15) is 5.75 Å². The number of nitrogens with one attached hydrogen (secondary N) is 2. The Kier molecular flexibility index (Phi) is 6.59. The molecule has 30 heavy (non-hydrogen) atoms. The second-order valence-corrected chi connectivity index (χ2v) is 6.18. The highest BCUT2D eigenvalue weighted by Gasteiger charge is 2.17. The molecular formula is C22H22N2O6. The molecule has 0 fully saturated rings. The first kappa shape index (κ1) is 20.8. The molecule has 0 unspecified atom stereocenters. The molecule has 2 aromatic carbocycles. The quantitative estimate of drug-likeness (QED) is 0.590. The summed E-state index contributed by atoms with van der Waals surface area (Å²) in [5.41, 5.74) is 1.40. The van der Waals surface area contributed by atoms with Crippen LogP contribution >= 0.6 is 0 Å². The van der Waals surface area contributed by atoms with E-state index >= 15 is 0 Å². The van der Waals surface area contributed by atoms with Gasteiger partial charge in [-0.05, 0) is 30.3 Å². The number of methoxy groups -OCH3 is 3. The molecule has 0 aliphatic carbocycles. The number of hydrogen-bond acceptors (Lipinski definition) is 6. The van der Waals surface area contributed by atoms with Gasteiger partial charge in [0.2, 0.25) is 0 Å². The van der Waals surface area contributed by atoms with Crippen molar-refractivity contribution in [2.45, 2.75) is 6.54 Å². The molecule has 2 amide bonds. The van der Waals surface area contributed by atoms with E-state index < -0.39 is 5.91 Å². The summed E-state index contributed by atoms with van der Waals surface area (Å²) in [5, 5.41) is 5.53. The molecule has 0 radical (unpaired) electrons. The third kappa shape index (κ3) is 4.54. The molecule has 0 aliphatic heterocycles. The molecule has 0 saturated heterocycles. The smallest absolute Gasteiger partial charge is 0.291 e. The zero-order chi connectivity index (χ0) is 21.5. The molecule has 0 spiro atoms. The van der Waals surface area contributed by atoms with Gasteiger partial charge in [0.05, 0.1) is 38.8 Å². The SMILES string of the molecule is COc1cc(OC)c(OC)cc1CNC(=O)c1ccccc1NC(=O)c1ccco1. The minimum absolute atomic E-state index is 0.153. The minimum Gasteiger partial charge on any atom is -0.496 e. The van der Waals surface area contributed by atoms with E-state index in [0.717, 1.165) is 0 Å². The second kappa shape index (κ2) is 9.51. The highest BCUT2D eigenvalue weighted by molar-refractivity contribution is 6.07. The fourth-order valence-corrected chi connectivity index (χ4v) is 2.88. The molecule has 1 heterocycles. The molecule has 8 nitrogen and oxygen atoms in total. The van der Waals surface area contributed by atoms with Crippen molar-refractivity contribution in [2.24, 2.45) is 0 Å². The number of carbonyl (C=O) groups excluding carboxylic acids is 2. The molecule has 2 N–H and O–H groups in total. The van der Waals surface area contributed by atoms with Gasteiger partial charge in [-0.3, -0.25) is 9.59 Å². The lowest BCUT2D eigenvalue weighted by Gasteiger charge is -2.15. The Hall–Kier alpha value is -3.94. The maximum atomic E-state index is 12.8. The lowest BCUT2D eigenvalue weighted by Crippen LogP contribution is -2.25. The van der Waals surface area contributed by atoms with Gasteiger partial charge >= 0.3 is 0 Å². The van der Waals surface area contributed by atoms with Gasteiger partial charge in [-0.15, -0.1) is 0 Å². The zero-order valence-electron chi connectivity index (χ0n) is 16.9. The molecular weight excluding hydrogens is 388 g/mol. The predicted molar refractivity (Wildman–Crippen MR) is 110 cm³/mol. The van der Waals surface area contributed by atoms with Crippen LogP contribution in [0.1, 0.15) is 26.5 Å². The summed E-state index contributed by atoms with van der Waals surface area (Å²) in [6.07, 6.45) is 1.41. The number of hydrogen-bond donors (Lipinski definition) is 2. The third-order valence-corrected chi connectivity index (χ3v) is 4.39. The summed E-state index contributed by atoms with van der Waals surface area (Å²) in [5.74, 6) is 0.945. The Morgan fingerprint density at radius 1 is 0.867 bits per heavy atom. The van der Waals surface area contributed by atoms with Gasteiger partial charge in [0.15, 0.2) is 17.3 Å². The minimum atomic E-state index is -0.443. The molecule has 3 aromatic rings. The average molecular weight is 410 g/mol. The maximum absolute atomic E-state index is 12.8. The zero-order valence-corrected chi connectivity index (χ0v) is 16.9. The summed E-state index contributed by atoms with van der Waals surface area (Å²) in [7, 11) is 4.60. The second-order valence-electron chi connectivity index (χ2n) is 6.18. The van der Waals surface area contributed by atoms with Crippen molar-refractivity contribution in [1.29, 1.82) is 0 Å². The lowest BCUT2D eigenvalue weighted by molar-refractivity contribution is 0.0951. The van der Waals surface area contributed by atoms with E-state index in [4.69, 9.17) is 18.6 Å². The molecule has 0 aliphatic rings. The molecule has 8 heteroatoms. The predicted octanol–water partition coefficient (Wildman–Crippen LogP) is 3.49. The van der Waals surface area contributed by atoms with Crippen LogP contribution in [0.2, 0.25) is 0 Å². The van der Waals surface area contributed by atoms with Crippen LogP contribution in [0.25, 0.3) is 0 Å². The molecule has 1 aromatic heterocycles. The van der Waals surface area contributed by atoms with Crippen molar-refractivity contribution in [3.63, 3.8) is 0 Å². The van der Waals surface area contributed by atoms with Crippen molar-refractivity contribution in [3.05, 3.63) is 71.7 Å². The number of furan rings is 1. The van der Waals surface area contributed by atoms with E-state index in [2.05, 4.69) is 10.6 Å². The van der Waals surface area contributed by atoms with Crippen LogP contribution < -0.4 is 24.8 Å². The first-order valence-corrected chi connectivity index (χ1v) is 9.08. The first-order chi connectivity index (χ1) is 14.6. The van der Waals surface area contributed by atoms with E-state index in [1.807, 2.05) is 0 Å². The number of ether oxygens (including phenoxy) is 3. The standard InChI is InChI=1S/C22H22N2O6/c1-27-18-12-20(29-3)19(28-2)11-14(18)13-23-21(25)15-7-4-5-8-16(15)24-22(26)17-9-6-10-30-17/h4-12H,13H2,1-3H3,(H,23,25)(H,24,26). The monoisotopic (exact) mass is 410 g/mol. The Morgan fingerprint density at radius 2 is 1.57 bits per heavy atom. The Balaban J connectivity index is 1.77. The highest BCUT2D eigenvalue weighted by atomic mass is 16.5. The van der Waals surface area contributed by atoms with E-state index in [9.17, 15) is 9.59 Å². The van der Waals surface area contributed by atoms with Crippen LogP contribution in [0.3, 0.4) is 0 Å². The molecule has 0 bridgehead atoms. The van der Waals surface area contributed by atoms with Crippen LogP contribution in [-0.2, 0) is 6.54 Å². The number of anilines is 1. The summed E-state index contributed by atoms with van der Waals surface area (Å²) >= 11 is 0. The van der Waals surface area contributed by atoms with E-state index in [1.54, 1.807) is 48.5 Å². The van der Waals surface area contributed by atoms with Gasteiger partial charge in [-0.25, -0.2) is 0 Å². The van der Waals surface area contributed by atoms with Crippen molar-refractivity contribution in [2.75, 3.05) is 26.6 Å². The number of rotatable bonds is 8. The fraction of sp³-hybridized carbons (Fsp3) is 0.182. The first-order valence-electron chi connectivity index (χ1n) is 9.08. The van der Waals surface area contributed by atoms with E-state index in [1.165, 1.54) is 27.6 Å². The van der Waals surface area contributed by atoms with Gasteiger partial charge in [-0.1, -0.05) is 12.1 Å². The number of para-hydroxylation sites is 1. The summed E-state index contributed by atoms with van der Waals surface area (Å²) in [4.78, 5) is 25.1. The fourth-order valence-electron chi connectivity index (χ4n) is 2.88. The van der Waals surface area contributed by atoms with E-state index in [-0.39, 0.29) is 18.2 Å². The van der Waals surface area contributed by atoms with Gasteiger partial charge in [0.25, 0.3) is 11.8 Å². The van der Waals surface area contributed by atoms with Gasteiger partial charge in [-0.2, -0.15) is 0 Å². The van der Waals surface area contributed by atoms with Crippen molar-refractivity contribution >= 4 is 17.5 Å². The van der Waals surface area contributed by atoms with Gasteiger partial charge in [0, 0.05) is 18.2 Å². The van der Waals surface area contributed by atoms with Crippen LogP contribution in [0.5, 0.6) is 17.2 Å². The summed E-state index contributed by atoms with van der Waals surface area (Å²) in [6, 6.07) is 13.3. The highest BCUT2D eigenvalue weighted by Crippen LogP contribution is 2.34. The Bertz CT molecular complexity index is 1030. The number of amides is 2. The van der Waals surface area contributed by atoms with Crippen LogP contribution in [0, 0.1) is 0 Å².